The summed E-state index contributed by atoms with van der Waals surface area (Å²) in [6, 6.07) is 18.7. The number of carbonyl (C=O) groups is 2. The molecule has 0 unspecified atom stereocenters. The van der Waals surface area contributed by atoms with E-state index >= 15 is 9.59 Å². The lowest BCUT2D eigenvalue weighted by molar-refractivity contribution is -0.140. The number of aliphatic hydroxyl groups is 1. The van der Waals surface area contributed by atoms with Crippen molar-refractivity contribution in [2.75, 3.05) is 28.2 Å². The molecule has 3 aliphatic carbocycles. The lowest BCUT2D eigenvalue weighted by Gasteiger charge is -2.55. The summed E-state index contributed by atoms with van der Waals surface area (Å²) >= 11 is 6.98. The van der Waals surface area contributed by atoms with Crippen LogP contribution in [0.2, 0.25) is 23.3 Å². The summed E-state index contributed by atoms with van der Waals surface area (Å²) in [6.07, 6.45) is 0.607. The van der Waals surface area contributed by atoms with E-state index in [0.717, 1.165) is 11.1 Å². The highest BCUT2D eigenvalue weighted by atomic mass is 35.5. The van der Waals surface area contributed by atoms with Gasteiger partial charge >= 0.3 is 0 Å². The second kappa shape index (κ2) is 14.9. The average molecular weight is 799 g/mol. The Balaban J connectivity index is 1.43. The SMILES string of the molecule is CN(C)Cc1nc(Cl)c2c(c1OCc1ccccc1)C(O)=C1C(=O)[C@]3(O[Si](C)(C)C(C)(C)C)C(=O)c4c(OCc5ccccc5)noc4[C@@H](N(C)C)[C@@H]3C[C@@H]1C2. The summed E-state index contributed by atoms with van der Waals surface area (Å²) in [4.78, 5) is 40.0. The molecule has 0 aliphatic heterocycles. The minimum absolute atomic E-state index is 0.00209. The van der Waals surface area contributed by atoms with Gasteiger partial charge in [0.2, 0.25) is 11.6 Å². The standard InChI is InChI=1S/C43H51ClN4O7Si/c1-42(2,3)56(8,9)55-43-29(34(48(6)7)37-33(39(43)51)41(46-54-37)53-24-26-18-14-11-15-19-26)21-27-20-28-32(35(49)31(27)38(43)50)36(30(22-47(4)5)45-40(28)44)52-23-25-16-12-10-13-17-25/h10-19,27,29,34,49H,20-24H2,1-9H3/t27-,29-,34-,43-/m0/s1. The predicted octanol–water partition coefficient (Wildman–Crippen LogP) is 8.23. The van der Waals surface area contributed by atoms with Crippen LogP contribution in [0.5, 0.6) is 11.6 Å². The third-order valence-corrected chi connectivity index (χ3v) is 16.6. The van der Waals surface area contributed by atoms with Crippen LogP contribution in [0.4, 0.5) is 0 Å². The van der Waals surface area contributed by atoms with Gasteiger partial charge < -0.3 is 28.4 Å². The van der Waals surface area contributed by atoms with Crippen LogP contribution in [0.1, 0.15) is 77.3 Å². The number of ether oxygens (including phenoxy) is 2. The number of fused-ring (bicyclic) bond motifs is 4. The number of hydrogen-bond acceptors (Lipinski definition) is 11. The lowest BCUT2D eigenvalue weighted by atomic mass is 9.57. The molecule has 2 aromatic heterocycles. The predicted molar refractivity (Wildman–Crippen MR) is 216 cm³/mol. The first-order valence-electron chi connectivity index (χ1n) is 19.0. The Morgan fingerprint density at radius 1 is 0.929 bits per heavy atom. The zero-order valence-corrected chi connectivity index (χ0v) is 35.4. The van der Waals surface area contributed by atoms with E-state index in [-0.39, 0.29) is 46.2 Å². The van der Waals surface area contributed by atoms with Crippen LogP contribution in [0.25, 0.3) is 5.76 Å². The average Bonchev–Trinajstić information content (AvgIpc) is 3.55. The van der Waals surface area contributed by atoms with Gasteiger partial charge in [0.25, 0.3) is 5.88 Å². The Hall–Kier alpha value is -4.33. The summed E-state index contributed by atoms with van der Waals surface area (Å²) in [5, 5.41) is 16.7. The van der Waals surface area contributed by atoms with Gasteiger partial charge in [0, 0.05) is 23.6 Å². The van der Waals surface area contributed by atoms with Crippen molar-refractivity contribution in [1.82, 2.24) is 19.9 Å². The lowest BCUT2D eigenvalue weighted by Crippen LogP contribution is -2.68. The molecule has 13 heteroatoms. The van der Waals surface area contributed by atoms with Crippen LogP contribution in [0.15, 0.2) is 70.8 Å². The van der Waals surface area contributed by atoms with E-state index in [0.29, 0.717) is 47.7 Å². The summed E-state index contributed by atoms with van der Waals surface area (Å²) in [6.45, 7) is 11.0. The van der Waals surface area contributed by atoms with Gasteiger partial charge in [0.15, 0.2) is 25.4 Å². The number of Topliss-reactive ketones (excluding diaryl/α,β-unsaturated/α-hetero) is 2. The molecule has 7 rings (SSSR count). The molecule has 3 aliphatic rings. The number of carbonyl (C=O) groups excluding carboxylic acids is 2. The highest BCUT2D eigenvalue weighted by Gasteiger charge is 2.69. The molecule has 1 N–H and O–H groups in total. The Labute approximate surface area is 334 Å². The van der Waals surface area contributed by atoms with Crippen molar-refractivity contribution in [3.05, 3.63) is 111 Å². The largest absolute Gasteiger partial charge is 0.507 e. The highest BCUT2D eigenvalue weighted by molar-refractivity contribution is 6.74. The molecule has 2 aromatic carbocycles. The van der Waals surface area contributed by atoms with Crippen LogP contribution in [0.3, 0.4) is 0 Å². The van der Waals surface area contributed by atoms with Crippen molar-refractivity contribution in [2.45, 2.75) is 83.1 Å². The molecule has 0 saturated heterocycles. The fourth-order valence-corrected chi connectivity index (χ4v) is 9.92. The molecular weight excluding hydrogens is 748 g/mol. The van der Waals surface area contributed by atoms with Crippen LogP contribution < -0.4 is 9.47 Å². The number of ketones is 2. The minimum Gasteiger partial charge on any atom is -0.507 e. The summed E-state index contributed by atoms with van der Waals surface area (Å²) in [5.41, 5.74) is 1.43. The Kier molecular flexibility index (Phi) is 10.6. The van der Waals surface area contributed by atoms with Crippen LogP contribution in [0, 0.1) is 11.8 Å². The number of hydrogen-bond donors (Lipinski definition) is 1. The van der Waals surface area contributed by atoms with Gasteiger partial charge in [0.1, 0.15) is 29.7 Å². The molecule has 0 spiro atoms. The smallest absolute Gasteiger partial charge is 0.265 e. The first-order valence-corrected chi connectivity index (χ1v) is 22.3. The van der Waals surface area contributed by atoms with Crippen molar-refractivity contribution in [3.63, 3.8) is 0 Å². The van der Waals surface area contributed by atoms with Gasteiger partial charge in [-0.2, -0.15) is 0 Å². The van der Waals surface area contributed by atoms with Gasteiger partial charge in [-0.3, -0.25) is 14.5 Å². The van der Waals surface area contributed by atoms with Gasteiger partial charge in [-0.25, -0.2) is 4.98 Å². The molecule has 296 valence electrons. The Bertz CT molecular complexity index is 2180. The molecule has 0 amide bonds. The van der Waals surface area contributed by atoms with Crippen LogP contribution in [-0.4, -0.2) is 78.7 Å². The third-order valence-electron chi connectivity index (χ3n) is 11.9. The molecule has 4 aromatic rings. The minimum atomic E-state index is -2.91. The van der Waals surface area contributed by atoms with Gasteiger partial charge in [-0.1, -0.05) is 93.0 Å². The third kappa shape index (κ3) is 6.79. The summed E-state index contributed by atoms with van der Waals surface area (Å²) in [7, 11) is 4.68. The summed E-state index contributed by atoms with van der Waals surface area (Å²) in [5.74, 6) is -1.94. The van der Waals surface area contributed by atoms with Crippen molar-refractivity contribution < 1.29 is 33.1 Å². The maximum absolute atomic E-state index is 15.8. The molecule has 2 heterocycles. The van der Waals surface area contributed by atoms with E-state index in [9.17, 15) is 5.11 Å². The van der Waals surface area contributed by atoms with Crippen LogP contribution in [-0.2, 0) is 35.4 Å². The van der Waals surface area contributed by atoms with Crippen molar-refractivity contribution in [2.24, 2.45) is 11.8 Å². The number of halogens is 1. The number of benzene rings is 2. The van der Waals surface area contributed by atoms with Crippen LogP contribution >= 0.6 is 11.6 Å². The monoisotopic (exact) mass is 798 g/mol. The molecule has 1 fully saturated rings. The number of aliphatic hydroxyl groups excluding tert-OH is 1. The first-order chi connectivity index (χ1) is 26.5. The van der Waals surface area contributed by atoms with E-state index < -0.39 is 43.4 Å². The van der Waals surface area contributed by atoms with Gasteiger partial charge in [0.05, 0.1) is 17.3 Å². The topological polar surface area (TPSA) is 127 Å². The van der Waals surface area contributed by atoms with Crippen molar-refractivity contribution >= 4 is 37.2 Å². The second-order valence-electron chi connectivity index (χ2n) is 17.2. The molecule has 1 saturated carbocycles. The van der Waals surface area contributed by atoms with Crippen molar-refractivity contribution in [1.29, 1.82) is 0 Å². The summed E-state index contributed by atoms with van der Waals surface area (Å²) < 4.78 is 26.0. The van der Waals surface area contributed by atoms with E-state index in [1.54, 1.807) is 0 Å². The van der Waals surface area contributed by atoms with Crippen molar-refractivity contribution in [3.8, 4) is 11.6 Å². The van der Waals surface area contributed by atoms with E-state index in [4.69, 9.17) is 35.0 Å². The Morgan fingerprint density at radius 2 is 1.54 bits per heavy atom. The maximum atomic E-state index is 15.8. The van der Waals surface area contributed by atoms with E-state index in [1.165, 1.54) is 0 Å². The zero-order chi connectivity index (χ0) is 40.3. The quantitative estimate of drug-likeness (QED) is 0.0896. The first kappa shape index (κ1) is 39.9. The fourth-order valence-electron chi connectivity index (χ4n) is 8.19. The fraction of sp³-hybridized carbons (Fsp3) is 0.442. The molecule has 0 radical (unpaired) electrons. The Morgan fingerprint density at radius 3 is 2.11 bits per heavy atom. The molecule has 11 nitrogen and oxygen atoms in total. The molecule has 0 bridgehead atoms. The maximum Gasteiger partial charge on any atom is 0.265 e. The number of aromatic nitrogens is 2. The van der Waals surface area contributed by atoms with Gasteiger partial charge in [-0.05, 0) is 81.4 Å². The molecular formula is C43H51ClN4O7Si. The second-order valence-corrected chi connectivity index (χ2v) is 22.3. The molecule has 4 atom stereocenters. The number of nitrogens with zero attached hydrogens (tertiary/aromatic N) is 4. The van der Waals surface area contributed by atoms with Gasteiger partial charge in [-0.15, -0.1) is 0 Å². The van der Waals surface area contributed by atoms with E-state index in [1.807, 2.05) is 112 Å². The number of pyridine rings is 1. The normalized spacial score (nSPS) is 22.2. The molecule has 56 heavy (non-hydrogen) atoms. The zero-order valence-electron chi connectivity index (χ0n) is 33.6. The number of rotatable bonds is 11. The highest BCUT2D eigenvalue weighted by Crippen LogP contribution is 2.59. The van der Waals surface area contributed by atoms with E-state index in [2.05, 4.69) is 25.9 Å².